The van der Waals surface area contributed by atoms with Crippen molar-refractivity contribution in [2.24, 2.45) is 5.73 Å². The fourth-order valence-corrected chi connectivity index (χ4v) is 0.801. The molecule has 0 saturated carbocycles. The van der Waals surface area contributed by atoms with Gasteiger partial charge in [-0.05, 0) is 31.7 Å². The molecule has 0 aromatic heterocycles. The molecule has 11 heavy (non-hydrogen) atoms. The average molecular weight is 219 g/mol. The summed E-state index contributed by atoms with van der Waals surface area (Å²) in [5.74, 6) is 0. The van der Waals surface area contributed by atoms with Gasteiger partial charge in [0.25, 0.3) is 0 Å². The van der Waals surface area contributed by atoms with E-state index in [0.717, 1.165) is 24.0 Å². The minimum atomic E-state index is 0.823. The number of hydrogen-bond donors (Lipinski definition) is 2. The molecule has 0 spiro atoms. The Morgan fingerprint density at radius 2 is 2.36 bits per heavy atom. The van der Waals surface area contributed by atoms with E-state index in [1.54, 1.807) is 0 Å². The fraction of sp³-hybridized carbons (Fsp3) is 0.500. The van der Waals surface area contributed by atoms with Gasteiger partial charge in [0.15, 0.2) is 0 Å². The zero-order valence-electron chi connectivity index (χ0n) is 6.81. The minimum Gasteiger partial charge on any atom is -0.402 e. The van der Waals surface area contributed by atoms with E-state index in [2.05, 4.69) is 21.2 Å². The van der Waals surface area contributed by atoms with Gasteiger partial charge in [-0.2, -0.15) is 0 Å². The normalized spacial score (nSPS) is 12.4. The smallest absolute Gasteiger partial charge is 0.0149 e. The van der Waals surface area contributed by atoms with Crippen molar-refractivity contribution in [1.29, 1.82) is 0 Å². The quantitative estimate of drug-likeness (QED) is 0.420. The second-order valence-electron chi connectivity index (χ2n) is 2.27. The molecule has 0 aliphatic carbocycles. The lowest BCUT2D eigenvalue weighted by atomic mass is 10.4. The van der Waals surface area contributed by atoms with Crippen molar-refractivity contribution in [2.45, 2.75) is 13.3 Å². The van der Waals surface area contributed by atoms with E-state index in [4.69, 9.17) is 5.73 Å². The lowest BCUT2D eigenvalue weighted by molar-refractivity contribution is 0.819. The van der Waals surface area contributed by atoms with E-state index in [1.165, 1.54) is 0 Å². The molecule has 0 atom stereocenters. The van der Waals surface area contributed by atoms with Gasteiger partial charge in [0, 0.05) is 17.6 Å². The number of alkyl halides is 1. The number of nitrogens with two attached hydrogens (primary N) is 1. The molecule has 0 heterocycles. The van der Waals surface area contributed by atoms with E-state index in [-0.39, 0.29) is 0 Å². The van der Waals surface area contributed by atoms with Gasteiger partial charge in [-0.15, -0.1) is 0 Å². The van der Waals surface area contributed by atoms with Gasteiger partial charge in [-0.25, -0.2) is 0 Å². The van der Waals surface area contributed by atoms with E-state index in [0.29, 0.717) is 0 Å². The Hall–Kier alpha value is -0.440. The first-order valence-electron chi connectivity index (χ1n) is 3.65. The van der Waals surface area contributed by atoms with E-state index in [9.17, 15) is 0 Å². The Morgan fingerprint density at radius 3 is 2.91 bits per heavy atom. The summed E-state index contributed by atoms with van der Waals surface area (Å²) in [6.07, 6.45) is 6.80. The van der Waals surface area contributed by atoms with Crippen LogP contribution in [0.4, 0.5) is 0 Å². The van der Waals surface area contributed by atoms with Crippen LogP contribution in [0.3, 0.4) is 0 Å². The first-order valence-corrected chi connectivity index (χ1v) is 4.77. The topological polar surface area (TPSA) is 38.0 Å². The first kappa shape index (κ1) is 10.6. The summed E-state index contributed by atoms with van der Waals surface area (Å²) in [7, 11) is 0. The van der Waals surface area contributed by atoms with Crippen LogP contribution in [0, 0.1) is 0 Å². The largest absolute Gasteiger partial charge is 0.402 e. The van der Waals surface area contributed by atoms with Gasteiger partial charge in [0.1, 0.15) is 0 Å². The number of hydrogen-bond acceptors (Lipinski definition) is 2. The van der Waals surface area contributed by atoms with Crippen LogP contribution in [0.1, 0.15) is 13.3 Å². The Kier molecular flexibility index (Phi) is 7.36. The number of halogens is 1. The predicted octanol–water partition coefficient (Wildman–Crippen LogP) is 1.74. The summed E-state index contributed by atoms with van der Waals surface area (Å²) >= 11 is 3.35. The Labute approximate surface area is 76.7 Å². The van der Waals surface area contributed by atoms with Crippen molar-refractivity contribution >= 4 is 15.9 Å². The molecule has 2 nitrogen and oxygen atoms in total. The van der Waals surface area contributed by atoms with Gasteiger partial charge in [0.05, 0.1) is 0 Å². The Bertz CT molecular complexity index is 137. The molecule has 64 valence electrons. The van der Waals surface area contributed by atoms with Crippen LogP contribution in [0.15, 0.2) is 24.0 Å². The van der Waals surface area contributed by atoms with Gasteiger partial charge in [-0.3, -0.25) is 0 Å². The molecule has 0 radical (unpaired) electrons. The fourth-order valence-electron chi connectivity index (χ4n) is 0.520. The summed E-state index contributed by atoms with van der Waals surface area (Å²) in [4.78, 5) is 0. The molecule has 0 rings (SSSR count). The summed E-state index contributed by atoms with van der Waals surface area (Å²) in [6, 6.07) is 0. The van der Waals surface area contributed by atoms with Crippen LogP contribution < -0.4 is 11.1 Å². The average Bonchev–Trinajstić information content (AvgIpc) is 1.96. The van der Waals surface area contributed by atoms with Crippen LogP contribution in [0.25, 0.3) is 0 Å². The minimum absolute atomic E-state index is 0.823. The molecule has 0 unspecified atom stereocenters. The van der Waals surface area contributed by atoms with Crippen molar-refractivity contribution in [2.75, 3.05) is 11.9 Å². The van der Waals surface area contributed by atoms with Gasteiger partial charge in [-0.1, -0.05) is 15.9 Å². The van der Waals surface area contributed by atoms with Crippen molar-refractivity contribution in [3.63, 3.8) is 0 Å². The Morgan fingerprint density at radius 1 is 1.64 bits per heavy atom. The molecule has 0 aromatic rings. The van der Waals surface area contributed by atoms with Crippen LogP contribution in [-0.4, -0.2) is 11.9 Å². The first-order chi connectivity index (χ1) is 5.27. The van der Waals surface area contributed by atoms with Crippen molar-refractivity contribution in [3.8, 4) is 0 Å². The molecule has 0 bridgehead atoms. The van der Waals surface area contributed by atoms with Crippen LogP contribution in [0.5, 0.6) is 0 Å². The van der Waals surface area contributed by atoms with Crippen molar-refractivity contribution in [1.82, 2.24) is 5.32 Å². The molecular weight excluding hydrogens is 204 g/mol. The molecule has 0 aliphatic heterocycles. The molecule has 3 N–H and O–H groups in total. The van der Waals surface area contributed by atoms with Crippen LogP contribution in [0.2, 0.25) is 0 Å². The maximum Gasteiger partial charge on any atom is 0.0149 e. The van der Waals surface area contributed by atoms with E-state index in [1.807, 2.05) is 25.3 Å². The molecule has 0 saturated heterocycles. The van der Waals surface area contributed by atoms with Gasteiger partial charge >= 0.3 is 0 Å². The third-order valence-electron chi connectivity index (χ3n) is 1.03. The number of rotatable bonds is 5. The highest BCUT2D eigenvalue weighted by Crippen LogP contribution is 1.84. The second kappa shape index (κ2) is 7.66. The summed E-state index contributed by atoms with van der Waals surface area (Å²) in [5.41, 5.74) is 6.23. The highest BCUT2D eigenvalue weighted by Gasteiger charge is 1.78. The van der Waals surface area contributed by atoms with E-state index < -0.39 is 0 Å². The zero-order chi connectivity index (χ0) is 8.53. The second-order valence-corrected chi connectivity index (χ2v) is 3.06. The van der Waals surface area contributed by atoms with E-state index >= 15 is 0 Å². The number of allylic oxidation sites excluding steroid dienone is 3. The lowest BCUT2D eigenvalue weighted by Gasteiger charge is -1.94. The molecule has 0 aromatic carbocycles. The summed E-state index contributed by atoms with van der Waals surface area (Å²) in [6.45, 7) is 2.86. The van der Waals surface area contributed by atoms with Gasteiger partial charge < -0.3 is 11.1 Å². The Balaban J connectivity index is 3.23. The highest BCUT2D eigenvalue weighted by molar-refractivity contribution is 9.09. The third-order valence-corrected chi connectivity index (χ3v) is 1.59. The highest BCUT2D eigenvalue weighted by atomic mass is 79.9. The van der Waals surface area contributed by atoms with Crippen molar-refractivity contribution < 1.29 is 0 Å². The maximum atomic E-state index is 5.41. The van der Waals surface area contributed by atoms with Crippen LogP contribution >= 0.6 is 15.9 Å². The molecular formula is C8H15BrN2. The number of nitrogens with one attached hydrogen (secondary N) is 1. The van der Waals surface area contributed by atoms with Crippen molar-refractivity contribution in [3.05, 3.63) is 24.0 Å². The summed E-state index contributed by atoms with van der Waals surface area (Å²) in [5, 5.41) is 4.17. The standard InChI is InChI=1S/C8H15BrN2/c1-8(10)4-2-6-11-7-3-5-9/h2,4,6,11H,3,5,7,10H2,1H3/b6-2-,8-4+. The third kappa shape index (κ3) is 9.56. The molecule has 0 fully saturated rings. The molecule has 0 amide bonds. The van der Waals surface area contributed by atoms with Crippen LogP contribution in [-0.2, 0) is 0 Å². The molecule has 3 heteroatoms. The predicted molar refractivity (Wildman–Crippen MR) is 53.5 cm³/mol. The lowest BCUT2D eigenvalue weighted by Crippen LogP contribution is -2.06. The SMILES string of the molecule is C/C(N)=C\C=C/NCCCBr. The zero-order valence-corrected chi connectivity index (χ0v) is 8.39. The summed E-state index contributed by atoms with van der Waals surface area (Å²) < 4.78 is 0. The molecule has 0 aliphatic rings. The monoisotopic (exact) mass is 218 g/mol. The van der Waals surface area contributed by atoms with Gasteiger partial charge in [0.2, 0.25) is 0 Å². The maximum absolute atomic E-state index is 5.41.